The van der Waals surface area contributed by atoms with E-state index in [0.29, 0.717) is 6.54 Å². The van der Waals surface area contributed by atoms with E-state index < -0.39 is 16.8 Å². The van der Waals surface area contributed by atoms with Gasteiger partial charge in [0.15, 0.2) is 0 Å². The average Bonchev–Trinajstić information content (AvgIpc) is 2.73. The number of nitrogens with one attached hydrogen (secondary N) is 1. The van der Waals surface area contributed by atoms with E-state index in [0.717, 1.165) is 24.1 Å². The average molecular weight is 413 g/mol. The normalized spacial score (nSPS) is 11.8. The molecule has 1 unspecified atom stereocenters. The molecule has 8 nitrogen and oxygen atoms in total. The van der Waals surface area contributed by atoms with Crippen LogP contribution in [0.15, 0.2) is 42.5 Å². The second-order valence-corrected chi connectivity index (χ2v) is 7.03. The molecule has 0 aromatic heterocycles. The maximum absolute atomic E-state index is 12.7. The molecular formula is C22H27N3O5. The molecule has 0 fully saturated rings. The van der Waals surface area contributed by atoms with Crippen molar-refractivity contribution in [3.05, 3.63) is 74.8 Å². The lowest BCUT2D eigenvalue weighted by Crippen LogP contribution is -2.34. The molecule has 30 heavy (non-hydrogen) atoms. The van der Waals surface area contributed by atoms with Gasteiger partial charge in [-0.25, -0.2) is 4.79 Å². The summed E-state index contributed by atoms with van der Waals surface area (Å²) in [6, 6.07) is 11.7. The minimum Gasteiger partial charge on any atom is -0.462 e. The summed E-state index contributed by atoms with van der Waals surface area (Å²) in [5.74, 6) is -1.21. The van der Waals surface area contributed by atoms with Crippen LogP contribution in [-0.4, -0.2) is 48.9 Å². The summed E-state index contributed by atoms with van der Waals surface area (Å²) < 4.78 is 4.90. The Labute approximate surface area is 176 Å². The first kappa shape index (κ1) is 23.0. The van der Waals surface area contributed by atoms with Crippen molar-refractivity contribution in [2.24, 2.45) is 0 Å². The fraction of sp³-hybridized carbons (Fsp3) is 0.364. The lowest BCUT2D eigenvalue weighted by atomic mass is 10.0. The number of esters is 1. The molecular weight excluding hydrogens is 386 g/mol. The highest BCUT2D eigenvalue weighted by molar-refractivity contribution is 5.99. The molecule has 0 aliphatic heterocycles. The Morgan fingerprint density at radius 2 is 1.73 bits per heavy atom. The number of carbonyl (C=O) groups excluding carboxylic acids is 2. The Morgan fingerprint density at radius 1 is 1.10 bits per heavy atom. The maximum atomic E-state index is 12.7. The third kappa shape index (κ3) is 5.87. The van der Waals surface area contributed by atoms with Crippen LogP contribution in [0.25, 0.3) is 0 Å². The molecule has 160 valence electrons. The van der Waals surface area contributed by atoms with Crippen molar-refractivity contribution >= 4 is 17.6 Å². The predicted molar refractivity (Wildman–Crippen MR) is 114 cm³/mol. The number of hydrogen-bond acceptors (Lipinski definition) is 6. The van der Waals surface area contributed by atoms with Crippen molar-refractivity contribution in [2.75, 3.05) is 27.2 Å². The molecule has 0 radical (unpaired) electrons. The number of nitrogens with zero attached hydrogens (tertiary/aromatic N) is 2. The quantitative estimate of drug-likeness (QED) is 0.384. The third-order valence-electron chi connectivity index (χ3n) is 4.75. The molecule has 1 atom stereocenters. The SMILES string of the molecule is CCOC(=O)c1cc(C(=O)NCC(c2ccc(CC)cc2)N(C)C)cc([N+](=O)[O-])c1. The van der Waals surface area contributed by atoms with Gasteiger partial charge in [0.25, 0.3) is 11.6 Å². The zero-order chi connectivity index (χ0) is 22.3. The molecule has 0 saturated carbocycles. The Bertz CT molecular complexity index is 909. The number of non-ortho nitro benzene ring substituents is 1. The van der Waals surface area contributed by atoms with Gasteiger partial charge in [0, 0.05) is 24.2 Å². The van der Waals surface area contributed by atoms with Crippen molar-refractivity contribution in [1.82, 2.24) is 10.2 Å². The smallest absolute Gasteiger partial charge is 0.338 e. The summed E-state index contributed by atoms with van der Waals surface area (Å²) in [5, 5.41) is 14.0. The summed E-state index contributed by atoms with van der Waals surface area (Å²) in [4.78, 5) is 37.3. The number of hydrogen-bond donors (Lipinski definition) is 1. The van der Waals surface area contributed by atoms with Crippen molar-refractivity contribution in [3.8, 4) is 0 Å². The number of amides is 1. The molecule has 0 spiro atoms. The first-order valence-corrected chi connectivity index (χ1v) is 9.76. The van der Waals surface area contributed by atoms with E-state index in [1.165, 1.54) is 11.6 Å². The highest BCUT2D eigenvalue weighted by Crippen LogP contribution is 2.20. The number of nitro benzene ring substituents is 1. The first-order valence-electron chi connectivity index (χ1n) is 9.76. The van der Waals surface area contributed by atoms with Crippen LogP contribution in [-0.2, 0) is 11.2 Å². The number of benzene rings is 2. The van der Waals surface area contributed by atoms with Crippen LogP contribution in [0.4, 0.5) is 5.69 Å². The molecule has 0 aliphatic rings. The van der Waals surface area contributed by atoms with Crippen LogP contribution in [0.1, 0.15) is 51.7 Å². The minimum atomic E-state index is -0.711. The van der Waals surface area contributed by atoms with Crippen LogP contribution >= 0.6 is 0 Å². The van der Waals surface area contributed by atoms with E-state index >= 15 is 0 Å². The van der Waals surface area contributed by atoms with Crippen LogP contribution in [0.5, 0.6) is 0 Å². The Morgan fingerprint density at radius 3 is 2.27 bits per heavy atom. The maximum Gasteiger partial charge on any atom is 0.338 e. The highest BCUT2D eigenvalue weighted by atomic mass is 16.6. The summed E-state index contributed by atoms with van der Waals surface area (Å²) in [6.07, 6.45) is 0.944. The van der Waals surface area contributed by atoms with Gasteiger partial charge in [-0.2, -0.15) is 0 Å². The predicted octanol–water partition coefficient (Wildman–Crippen LogP) is 3.37. The van der Waals surface area contributed by atoms with E-state index in [2.05, 4.69) is 24.4 Å². The number of aryl methyl sites for hydroxylation is 1. The van der Waals surface area contributed by atoms with Gasteiger partial charge in [-0.15, -0.1) is 0 Å². The third-order valence-corrected chi connectivity index (χ3v) is 4.75. The van der Waals surface area contributed by atoms with Gasteiger partial charge in [-0.3, -0.25) is 14.9 Å². The zero-order valence-corrected chi connectivity index (χ0v) is 17.7. The van der Waals surface area contributed by atoms with E-state index in [1.54, 1.807) is 6.92 Å². The second-order valence-electron chi connectivity index (χ2n) is 7.03. The highest BCUT2D eigenvalue weighted by Gasteiger charge is 2.20. The number of likely N-dealkylation sites (N-methyl/N-ethyl adjacent to an activating group) is 1. The van der Waals surface area contributed by atoms with Crippen LogP contribution in [0.3, 0.4) is 0 Å². The molecule has 0 heterocycles. The molecule has 8 heteroatoms. The van der Waals surface area contributed by atoms with Crippen molar-refractivity contribution in [1.29, 1.82) is 0 Å². The molecule has 0 aliphatic carbocycles. The standard InChI is InChI=1S/C22H27N3O5/c1-5-15-7-9-16(10-8-15)20(24(3)4)14-23-21(26)17-11-18(22(27)30-6-2)13-19(12-17)25(28)29/h7-13,20H,5-6,14H2,1-4H3,(H,23,26). The van der Waals surface area contributed by atoms with Crippen LogP contribution in [0.2, 0.25) is 0 Å². The lowest BCUT2D eigenvalue weighted by molar-refractivity contribution is -0.384. The molecule has 1 amide bonds. The lowest BCUT2D eigenvalue weighted by Gasteiger charge is -2.25. The monoisotopic (exact) mass is 413 g/mol. The molecule has 1 N–H and O–H groups in total. The van der Waals surface area contributed by atoms with Gasteiger partial charge in [-0.05, 0) is 44.6 Å². The first-order chi connectivity index (χ1) is 14.3. The minimum absolute atomic E-state index is 0.0319. The second kappa shape index (κ2) is 10.5. The van der Waals surface area contributed by atoms with Gasteiger partial charge in [0.1, 0.15) is 0 Å². The number of nitro groups is 1. The Kier molecular flexibility index (Phi) is 8.06. The molecule has 2 rings (SSSR count). The van der Waals surface area contributed by atoms with E-state index in [-0.39, 0.29) is 29.5 Å². The fourth-order valence-electron chi connectivity index (χ4n) is 3.05. The van der Waals surface area contributed by atoms with E-state index in [4.69, 9.17) is 4.74 Å². The largest absolute Gasteiger partial charge is 0.462 e. The van der Waals surface area contributed by atoms with Gasteiger partial charge in [0.2, 0.25) is 0 Å². The van der Waals surface area contributed by atoms with Crippen molar-refractivity contribution in [3.63, 3.8) is 0 Å². The summed E-state index contributed by atoms with van der Waals surface area (Å²) >= 11 is 0. The molecule has 0 bridgehead atoms. The molecule has 0 saturated heterocycles. The molecule has 2 aromatic carbocycles. The summed E-state index contributed by atoms with van der Waals surface area (Å²) in [5.41, 5.74) is 1.93. The Hall–Kier alpha value is -3.26. The summed E-state index contributed by atoms with van der Waals surface area (Å²) in [6.45, 7) is 4.15. The van der Waals surface area contributed by atoms with Gasteiger partial charge in [0.05, 0.1) is 23.1 Å². The van der Waals surface area contributed by atoms with Gasteiger partial charge < -0.3 is 15.0 Å². The van der Waals surface area contributed by atoms with Gasteiger partial charge >= 0.3 is 5.97 Å². The number of ether oxygens (including phenoxy) is 1. The zero-order valence-electron chi connectivity index (χ0n) is 17.7. The topological polar surface area (TPSA) is 102 Å². The van der Waals surface area contributed by atoms with Crippen LogP contribution < -0.4 is 5.32 Å². The van der Waals surface area contributed by atoms with Crippen LogP contribution in [0, 0.1) is 10.1 Å². The van der Waals surface area contributed by atoms with Gasteiger partial charge in [-0.1, -0.05) is 31.2 Å². The van der Waals surface area contributed by atoms with Crippen molar-refractivity contribution < 1.29 is 19.2 Å². The van der Waals surface area contributed by atoms with E-state index in [9.17, 15) is 19.7 Å². The Balaban J connectivity index is 2.22. The number of carbonyl (C=O) groups is 2. The van der Waals surface area contributed by atoms with E-state index in [1.807, 2.05) is 31.1 Å². The molecule has 2 aromatic rings. The fourth-order valence-corrected chi connectivity index (χ4v) is 3.05. The summed E-state index contributed by atoms with van der Waals surface area (Å²) in [7, 11) is 3.83. The number of rotatable bonds is 9. The van der Waals surface area contributed by atoms with Crippen molar-refractivity contribution in [2.45, 2.75) is 26.3 Å².